The predicted octanol–water partition coefficient (Wildman–Crippen LogP) is 5.84. The minimum Gasteiger partial charge on any atom is -0.462 e. The second-order valence-corrected chi connectivity index (χ2v) is 14.1. The van der Waals surface area contributed by atoms with E-state index in [9.17, 15) is 18.1 Å². The highest BCUT2D eigenvalue weighted by Crippen LogP contribution is 2.50. The van der Waals surface area contributed by atoms with Gasteiger partial charge in [0, 0.05) is 30.8 Å². The number of thiazole rings is 1. The zero-order valence-corrected chi connectivity index (χ0v) is 21.9. The number of ether oxygens (including phenoxy) is 2. The molecule has 1 amide bonds. The minimum absolute atomic E-state index is 0.000797. The molecule has 0 radical (unpaired) electrons. The third-order valence-electron chi connectivity index (χ3n) is 6.67. The molecule has 0 N–H and O–H groups in total. The molecular formula is C25H23F2N4O4PS. The van der Waals surface area contributed by atoms with E-state index < -0.39 is 19.8 Å². The Morgan fingerprint density at radius 2 is 2.03 bits per heavy atom. The van der Waals surface area contributed by atoms with Crippen molar-refractivity contribution in [2.45, 2.75) is 25.1 Å². The van der Waals surface area contributed by atoms with E-state index >= 15 is 0 Å². The minimum atomic E-state index is -3.01. The maximum Gasteiger partial charge on any atom is 0.387 e. The molecule has 8 nitrogen and oxygen atoms in total. The van der Waals surface area contributed by atoms with E-state index in [2.05, 4.69) is 4.98 Å². The summed E-state index contributed by atoms with van der Waals surface area (Å²) in [6.45, 7) is 0.312. The molecule has 12 heteroatoms. The Balaban J connectivity index is 1.46. The fourth-order valence-corrected chi connectivity index (χ4v) is 6.38. The number of amides is 1. The monoisotopic (exact) mass is 544 g/mol. The van der Waals surface area contributed by atoms with E-state index in [1.165, 1.54) is 17.4 Å². The lowest BCUT2D eigenvalue weighted by molar-refractivity contribution is -0.0507. The SMILES string of the molecule is CN1C(=O)c2cccc(OC(F)F)c2[C@H]2C[C@@H]1c1nc3ccc(-c4cnc(OCP(C)(C)=O)s4)cc3n12. The Morgan fingerprint density at radius 1 is 1.22 bits per heavy atom. The van der Waals surface area contributed by atoms with Crippen LogP contribution in [0.1, 0.15) is 40.3 Å². The molecule has 192 valence electrons. The average Bonchev–Trinajstić information content (AvgIpc) is 3.53. The van der Waals surface area contributed by atoms with Crippen molar-refractivity contribution in [3.63, 3.8) is 0 Å². The van der Waals surface area contributed by atoms with Gasteiger partial charge < -0.3 is 23.5 Å². The molecule has 4 heterocycles. The Hall–Kier alpha value is -3.30. The summed E-state index contributed by atoms with van der Waals surface area (Å²) in [6, 6.07) is 9.82. The van der Waals surface area contributed by atoms with Crippen LogP contribution < -0.4 is 9.47 Å². The Morgan fingerprint density at radius 3 is 2.78 bits per heavy atom. The van der Waals surface area contributed by atoms with Crippen molar-refractivity contribution in [2.75, 3.05) is 26.7 Å². The lowest BCUT2D eigenvalue weighted by Gasteiger charge is -2.24. The molecule has 2 bridgehead atoms. The summed E-state index contributed by atoms with van der Waals surface area (Å²) >= 11 is 1.35. The van der Waals surface area contributed by atoms with Crippen LogP contribution in [-0.4, -0.2) is 58.7 Å². The molecule has 0 spiro atoms. The lowest BCUT2D eigenvalue weighted by atomic mass is 9.97. The number of rotatable bonds is 6. The van der Waals surface area contributed by atoms with Crippen LogP contribution in [0.25, 0.3) is 21.5 Å². The van der Waals surface area contributed by atoms with E-state index in [-0.39, 0.29) is 24.0 Å². The molecule has 2 aliphatic rings. The summed E-state index contributed by atoms with van der Waals surface area (Å²) in [5, 5.41) is 0.438. The Kier molecular flexibility index (Phi) is 5.61. The molecule has 0 unspecified atom stereocenters. The van der Waals surface area contributed by atoms with E-state index in [0.29, 0.717) is 28.6 Å². The first-order valence-corrected chi connectivity index (χ1v) is 15.2. The molecule has 2 atom stereocenters. The average molecular weight is 545 g/mol. The number of carbonyl (C=O) groups excluding carboxylic acids is 1. The van der Waals surface area contributed by atoms with Gasteiger partial charge >= 0.3 is 6.61 Å². The Bertz CT molecular complexity index is 1600. The summed E-state index contributed by atoms with van der Waals surface area (Å²) in [4.78, 5) is 24.9. The van der Waals surface area contributed by atoms with Gasteiger partial charge in [-0.15, -0.1) is 0 Å². The number of nitrogens with zero attached hydrogens (tertiary/aromatic N) is 4. The van der Waals surface area contributed by atoms with Crippen LogP contribution >= 0.6 is 18.5 Å². The first-order chi connectivity index (χ1) is 17.6. The molecule has 2 aromatic carbocycles. The standard InChI is InChI=1S/C25H23F2N4O4PS/c1-30-18-10-17(21-14(23(30)32)5-4-6-19(21)35-24(26)27)31-16-9-13(7-8-15(16)29-22(18)31)20-11-28-25(37-20)34-12-36(2,3)33/h4-9,11,17-18,24H,10,12H2,1-3H3/t17-,18-/m1/s1. The number of carbonyl (C=O) groups is 1. The van der Waals surface area contributed by atoms with E-state index in [1.807, 2.05) is 22.8 Å². The summed E-state index contributed by atoms with van der Waals surface area (Å²) in [5.41, 5.74) is 3.25. The number of hydrogen-bond acceptors (Lipinski definition) is 7. The smallest absolute Gasteiger partial charge is 0.387 e. The molecule has 0 saturated heterocycles. The number of imidazole rings is 1. The Labute approximate surface area is 215 Å². The number of hydrogen-bond donors (Lipinski definition) is 0. The molecule has 0 saturated carbocycles. The summed E-state index contributed by atoms with van der Waals surface area (Å²) < 4.78 is 51.1. The molecule has 6 rings (SSSR count). The number of alkyl halides is 2. The highest BCUT2D eigenvalue weighted by Gasteiger charge is 2.45. The third kappa shape index (κ3) is 4.10. The van der Waals surface area contributed by atoms with Crippen molar-refractivity contribution in [2.24, 2.45) is 0 Å². The van der Waals surface area contributed by atoms with Gasteiger partial charge in [0.25, 0.3) is 11.1 Å². The molecule has 37 heavy (non-hydrogen) atoms. The van der Waals surface area contributed by atoms with Crippen molar-refractivity contribution in [1.29, 1.82) is 0 Å². The van der Waals surface area contributed by atoms with Crippen LogP contribution in [-0.2, 0) is 4.57 Å². The van der Waals surface area contributed by atoms with E-state index in [1.54, 1.807) is 43.6 Å². The zero-order valence-electron chi connectivity index (χ0n) is 20.2. The number of benzene rings is 2. The number of aromatic nitrogens is 3. The fraction of sp³-hybridized carbons (Fsp3) is 0.320. The second-order valence-electron chi connectivity index (χ2n) is 9.66. The summed E-state index contributed by atoms with van der Waals surface area (Å²) in [6.07, 6.45) is 2.33. The molecule has 2 aliphatic heterocycles. The van der Waals surface area contributed by atoms with Gasteiger partial charge in [-0.3, -0.25) is 4.79 Å². The number of halogens is 2. The normalized spacial score (nSPS) is 18.8. The highest BCUT2D eigenvalue weighted by molar-refractivity contribution is 7.62. The van der Waals surface area contributed by atoms with Crippen LogP contribution in [0.4, 0.5) is 8.78 Å². The van der Waals surface area contributed by atoms with Crippen LogP contribution in [0, 0.1) is 0 Å². The van der Waals surface area contributed by atoms with Crippen molar-refractivity contribution in [1.82, 2.24) is 19.4 Å². The van der Waals surface area contributed by atoms with Crippen LogP contribution in [0.3, 0.4) is 0 Å². The summed E-state index contributed by atoms with van der Waals surface area (Å²) in [5.74, 6) is 0.460. The molecule has 4 aromatic rings. The molecule has 0 aliphatic carbocycles. The first-order valence-electron chi connectivity index (χ1n) is 11.6. The van der Waals surface area contributed by atoms with Gasteiger partial charge in [-0.25, -0.2) is 9.97 Å². The topological polar surface area (TPSA) is 86.6 Å². The predicted molar refractivity (Wildman–Crippen MR) is 136 cm³/mol. The first kappa shape index (κ1) is 24.1. The number of fused-ring (bicyclic) bond motifs is 9. The van der Waals surface area contributed by atoms with Crippen molar-refractivity contribution in [3.8, 4) is 21.4 Å². The maximum absolute atomic E-state index is 13.3. The van der Waals surface area contributed by atoms with Gasteiger partial charge in [0.05, 0.1) is 28.0 Å². The van der Waals surface area contributed by atoms with Gasteiger partial charge in [0.15, 0.2) is 0 Å². The van der Waals surface area contributed by atoms with Gasteiger partial charge in [-0.2, -0.15) is 8.78 Å². The van der Waals surface area contributed by atoms with Crippen LogP contribution in [0.5, 0.6) is 10.9 Å². The van der Waals surface area contributed by atoms with Crippen LogP contribution in [0.2, 0.25) is 0 Å². The quantitative estimate of drug-likeness (QED) is 0.284. The fourth-order valence-electron chi connectivity index (χ4n) is 5.10. The molecule has 2 aromatic heterocycles. The van der Waals surface area contributed by atoms with Crippen molar-refractivity contribution < 1.29 is 27.6 Å². The molecule has 0 fully saturated rings. The van der Waals surface area contributed by atoms with Crippen molar-refractivity contribution in [3.05, 3.63) is 59.5 Å². The summed E-state index contributed by atoms with van der Waals surface area (Å²) in [7, 11) is -0.630. The van der Waals surface area contributed by atoms with E-state index in [4.69, 9.17) is 14.5 Å². The van der Waals surface area contributed by atoms with E-state index in [0.717, 1.165) is 21.5 Å². The highest BCUT2D eigenvalue weighted by atomic mass is 32.1. The van der Waals surface area contributed by atoms with Gasteiger partial charge in [0.2, 0.25) is 0 Å². The third-order valence-corrected chi connectivity index (χ3v) is 8.38. The van der Waals surface area contributed by atoms with Crippen LogP contribution in [0.15, 0.2) is 42.6 Å². The van der Waals surface area contributed by atoms with Gasteiger partial charge in [-0.05, 0) is 43.2 Å². The van der Waals surface area contributed by atoms with Gasteiger partial charge in [-0.1, -0.05) is 23.5 Å². The second kappa shape index (κ2) is 8.63. The zero-order chi connectivity index (χ0) is 26.1. The van der Waals surface area contributed by atoms with Crippen molar-refractivity contribution >= 4 is 35.4 Å². The lowest BCUT2D eigenvalue weighted by Crippen LogP contribution is -2.30. The largest absolute Gasteiger partial charge is 0.462 e. The molecular weight excluding hydrogens is 521 g/mol. The maximum atomic E-state index is 13.3. The van der Waals surface area contributed by atoms with Gasteiger partial charge in [0.1, 0.15) is 25.1 Å².